The molecule has 0 unspecified atom stereocenters. The molecule has 0 aliphatic carbocycles. The summed E-state index contributed by atoms with van der Waals surface area (Å²) in [6.07, 6.45) is 2.64. The van der Waals surface area contributed by atoms with E-state index in [2.05, 4.69) is 9.97 Å². The van der Waals surface area contributed by atoms with Crippen molar-refractivity contribution in [1.82, 2.24) is 14.5 Å². The molecule has 0 bridgehead atoms. The highest BCUT2D eigenvalue weighted by Crippen LogP contribution is 2.13. The normalized spacial score (nSPS) is 10.7. The maximum absolute atomic E-state index is 11.3. The molecule has 2 heterocycles. The predicted octanol–water partition coefficient (Wildman–Crippen LogP) is 1.46. The molecule has 0 aromatic carbocycles. The van der Waals surface area contributed by atoms with Crippen molar-refractivity contribution in [3.63, 3.8) is 0 Å². The van der Waals surface area contributed by atoms with Crippen molar-refractivity contribution in [2.45, 2.75) is 19.8 Å². The van der Waals surface area contributed by atoms with Crippen LogP contribution >= 0.6 is 0 Å². The zero-order chi connectivity index (χ0) is 12.3. The Bertz CT molecular complexity index is 534. The van der Waals surface area contributed by atoms with Crippen molar-refractivity contribution in [1.29, 1.82) is 0 Å². The number of hydrogen-bond acceptors (Lipinski definition) is 4. The number of aryl methyl sites for hydroxylation is 2. The van der Waals surface area contributed by atoms with Crippen molar-refractivity contribution < 1.29 is 9.53 Å². The van der Waals surface area contributed by atoms with Gasteiger partial charge in [-0.05, 0) is 19.1 Å². The number of carbonyl (C=O) groups excluding carboxylic acids is 1. The van der Waals surface area contributed by atoms with Crippen molar-refractivity contribution in [3.05, 3.63) is 24.2 Å². The van der Waals surface area contributed by atoms with E-state index in [0.29, 0.717) is 25.1 Å². The summed E-state index contributed by atoms with van der Waals surface area (Å²) in [5.41, 5.74) is 1.69. The summed E-state index contributed by atoms with van der Waals surface area (Å²) in [4.78, 5) is 19.8. The summed E-state index contributed by atoms with van der Waals surface area (Å²) in [7, 11) is 1.93. The Balaban J connectivity index is 2.14. The van der Waals surface area contributed by atoms with Crippen LogP contribution in [-0.4, -0.2) is 27.1 Å². The molecule has 2 aromatic heterocycles. The van der Waals surface area contributed by atoms with Crippen LogP contribution in [0.1, 0.15) is 19.2 Å². The van der Waals surface area contributed by atoms with Crippen LogP contribution in [0.25, 0.3) is 11.2 Å². The van der Waals surface area contributed by atoms with Crippen LogP contribution in [0.2, 0.25) is 0 Å². The highest BCUT2D eigenvalue weighted by atomic mass is 16.5. The average Bonchev–Trinajstić information content (AvgIpc) is 2.65. The van der Waals surface area contributed by atoms with Gasteiger partial charge in [-0.2, -0.15) is 0 Å². The maximum Gasteiger partial charge on any atom is 0.306 e. The van der Waals surface area contributed by atoms with E-state index < -0.39 is 0 Å². The minimum atomic E-state index is -0.187. The van der Waals surface area contributed by atoms with Crippen LogP contribution in [0.15, 0.2) is 18.3 Å². The Labute approximate surface area is 99.4 Å². The Morgan fingerprint density at radius 3 is 3.06 bits per heavy atom. The third-order valence-corrected chi connectivity index (χ3v) is 2.61. The monoisotopic (exact) mass is 233 g/mol. The molecule has 90 valence electrons. The first-order valence-electron chi connectivity index (χ1n) is 5.64. The number of hydrogen-bond donors (Lipinski definition) is 0. The van der Waals surface area contributed by atoms with E-state index in [1.165, 1.54) is 0 Å². The molecule has 0 fully saturated rings. The zero-order valence-corrected chi connectivity index (χ0v) is 10.0. The van der Waals surface area contributed by atoms with E-state index in [-0.39, 0.29) is 5.97 Å². The number of nitrogens with zero attached hydrogens (tertiary/aromatic N) is 3. The largest absolute Gasteiger partial charge is 0.466 e. The maximum atomic E-state index is 11.3. The van der Waals surface area contributed by atoms with Crippen molar-refractivity contribution in [2.75, 3.05) is 6.61 Å². The fourth-order valence-electron chi connectivity index (χ4n) is 1.74. The van der Waals surface area contributed by atoms with Gasteiger partial charge < -0.3 is 9.30 Å². The van der Waals surface area contributed by atoms with Gasteiger partial charge in [-0.3, -0.25) is 4.79 Å². The molecular formula is C12H15N3O2. The molecule has 5 nitrogen and oxygen atoms in total. The molecule has 0 radical (unpaired) electrons. The van der Waals surface area contributed by atoms with Crippen molar-refractivity contribution in [2.24, 2.45) is 7.05 Å². The summed E-state index contributed by atoms with van der Waals surface area (Å²) >= 11 is 0. The zero-order valence-electron chi connectivity index (χ0n) is 10.0. The second kappa shape index (κ2) is 4.95. The van der Waals surface area contributed by atoms with Gasteiger partial charge in [-0.1, -0.05) is 0 Å². The van der Waals surface area contributed by atoms with Gasteiger partial charge in [0.25, 0.3) is 0 Å². The summed E-state index contributed by atoms with van der Waals surface area (Å²) in [5, 5.41) is 0. The van der Waals surface area contributed by atoms with Crippen LogP contribution in [0.4, 0.5) is 0 Å². The van der Waals surface area contributed by atoms with E-state index >= 15 is 0 Å². The molecule has 0 amide bonds. The smallest absolute Gasteiger partial charge is 0.306 e. The van der Waals surface area contributed by atoms with E-state index in [9.17, 15) is 4.79 Å². The molecule has 2 aromatic rings. The molecule has 0 aliphatic rings. The number of rotatable bonds is 4. The van der Waals surface area contributed by atoms with Crippen molar-refractivity contribution >= 4 is 17.1 Å². The molecule has 0 aliphatic heterocycles. The quantitative estimate of drug-likeness (QED) is 0.750. The highest BCUT2D eigenvalue weighted by Gasteiger charge is 2.10. The molecule has 0 spiro atoms. The summed E-state index contributed by atoms with van der Waals surface area (Å²) < 4.78 is 6.85. The highest BCUT2D eigenvalue weighted by molar-refractivity contribution is 5.72. The topological polar surface area (TPSA) is 57.0 Å². The van der Waals surface area contributed by atoms with Gasteiger partial charge in [0, 0.05) is 19.7 Å². The minimum Gasteiger partial charge on any atom is -0.466 e. The number of pyridine rings is 1. The minimum absolute atomic E-state index is 0.187. The Morgan fingerprint density at radius 2 is 2.35 bits per heavy atom. The van der Waals surface area contributed by atoms with E-state index in [1.54, 1.807) is 13.1 Å². The molecule has 0 saturated carbocycles. The van der Waals surface area contributed by atoms with Gasteiger partial charge in [-0.25, -0.2) is 9.97 Å². The van der Waals surface area contributed by atoms with Gasteiger partial charge in [0.15, 0.2) is 5.65 Å². The fourth-order valence-corrected chi connectivity index (χ4v) is 1.74. The number of imidazole rings is 1. The third-order valence-electron chi connectivity index (χ3n) is 2.61. The van der Waals surface area contributed by atoms with E-state index in [0.717, 1.165) is 11.3 Å². The summed E-state index contributed by atoms with van der Waals surface area (Å²) in [6, 6.07) is 3.84. The Morgan fingerprint density at radius 1 is 1.53 bits per heavy atom. The van der Waals surface area contributed by atoms with Crippen molar-refractivity contribution in [3.8, 4) is 0 Å². The SMILES string of the molecule is CCOC(=O)CCc1nc2ncccc2n1C. The lowest BCUT2D eigenvalue weighted by atomic mass is 10.3. The number of ether oxygens (including phenoxy) is 1. The van der Waals surface area contributed by atoms with Crippen LogP contribution in [0.3, 0.4) is 0 Å². The number of fused-ring (bicyclic) bond motifs is 1. The first-order valence-corrected chi connectivity index (χ1v) is 5.64. The van der Waals surface area contributed by atoms with Crippen LogP contribution in [0, 0.1) is 0 Å². The van der Waals surface area contributed by atoms with Gasteiger partial charge in [-0.15, -0.1) is 0 Å². The first kappa shape index (κ1) is 11.6. The lowest BCUT2D eigenvalue weighted by molar-refractivity contribution is -0.143. The number of aromatic nitrogens is 3. The second-order valence-electron chi connectivity index (χ2n) is 3.74. The lowest BCUT2D eigenvalue weighted by Crippen LogP contribution is -2.07. The standard InChI is InChI=1S/C12H15N3O2/c1-3-17-11(16)7-6-10-14-12-9(15(10)2)5-4-8-13-12/h4-5,8H,3,6-7H2,1-2H3. The third kappa shape index (κ3) is 2.43. The molecule has 0 N–H and O–H groups in total. The number of carbonyl (C=O) groups is 1. The average molecular weight is 233 g/mol. The Kier molecular flexibility index (Phi) is 3.37. The molecule has 17 heavy (non-hydrogen) atoms. The van der Waals surface area contributed by atoms with Crippen LogP contribution in [-0.2, 0) is 23.0 Å². The second-order valence-corrected chi connectivity index (χ2v) is 3.74. The van der Waals surface area contributed by atoms with Gasteiger partial charge in [0.05, 0.1) is 18.5 Å². The van der Waals surface area contributed by atoms with Gasteiger partial charge in [0.2, 0.25) is 0 Å². The van der Waals surface area contributed by atoms with Crippen LogP contribution < -0.4 is 0 Å². The Hall–Kier alpha value is -1.91. The molecule has 0 saturated heterocycles. The lowest BCUT2D eigenvalue weighted by Gasteiger charge is -2.02. The predicted molar refractivity (Wildman–Crippen MR) is 63.5 cm³/mol. The summed E-state index contributed by atoms with van der Waals surface area (Å²) in [6.45, 7) is 2.22. The molecular weight excluding hydrogens is 218 g/mol. The fraction of sp³-hybridized carbons (Fsp3) is 0.417. The first-order chi connectivity index (χ1) is 8.22. The van der Waals surface area contributed by atoms with E-state index in [1.807, 2.05) is 23.7 Å². The molecule has 2 rings (SSSR count). The van der Waals surface area contributed by atoms with Crippen LogP contribution in [0.5, 0.6) is 0 Å². The number of esters is 1. The van der Waals surface area contributed by atoms with Gasteiger partial charge >= 0.3 is 5.97 Å². The molecule has 0 atom stereocenters. The van der Waals surface area contributed by atoms with Gasteiger partial charge in [0.1, 0.15) is 5.82 Å². The molecule has 5 heteroatoms. The summed E-state index contributed by atoms with van der Waals surface area (Å²) in [5.74, 6) is 0.666. The van der Waals surface area contributed by atoms with E-state index in [4.69, 9.17) is 4.74 Å².